The summed E-state index contributed by atoms with van der Waals surface area (Å²) in [5.41, 5.74) is 5.86. The van der Waals surface area contributed by atoms with Crippen molar-refractivity contribution in [1.82, 2.24) is 0 Å². The smallest absolute Gasteiger partial charge is 0.155 e. The van der Waals surface area contributed by atoms with E-state index in [0.29, 0.717) is 65.7 Å². The van der Waals surface area contributed by atoms with Gasteiger partial charge in [-0.1, -0.05) is 277 Å². The molecule has 12 aromatic carbocycles. The minimum absolute atomic E-state index is 0.0715. The van der Waals surface area contributed by atoms with Crippen molar-refractivity contribution >= 4 is 66.4 Å². The molecule has 0 amide bonds. The predicted molar refractivity (Wildman–Crippen MR) is 356 cm³/mol. The lowest BCUT2D eigenvalue weighted by atomic mass is 9.84. The van der Waals surface area contributed by atoms with E-state index in [1.54, 1.807) is 24.3 Å². The lowest BCUT2D eigenvalue weighted by Gasteiger charge is -2.32. The van der Waals surface area contributed by atoms with Crippen molar-refractivity contribution in [2.45, 2.75) is 105 Å². The van der Waals surface area contributed by atoms with Gasteiger partial charge in [-0.05, 0) is 124 Å². The highest BCUT2D eigenvalue weighted by atomic mass is 19.1. The monoisotopic (exact) mass is 1110 g/mol. The summed E-state index contributed by atoms with van der Waals surface area (Å²) < 4.78 is 132. The Morgan fingerprint density at radius 3 is 0.917 bits per heavy atom. The van der Waals surface area contributed by atoms with E-state index in [1.165, 1.54) is 9.80 Å². The third-order valence-electron chi connectivity index (χ3n) is 16.4. The van der Waals surface area contributed by atoms with Gasteiger partial charge in [-0.3, -0.25) is 0 Å². The summed E-state index contributed by atoms with van der Waals surface area (Å²) >= 11 is 0. The fourth-order valence-electron chi connectivity index (χ4n) is 11.7. The quantitative estimate of drug-likeness (QED) is 0.126. The van der Waals surface area contributed by atoms with Gasteiger partial charge < -0.3 is 9.80 Å². The van der Waals surface area contributed by atoms with Crippen molar-refractivity contribution in [1.29, 1.82) is 0 Å². The molecular formula is C80H74F2N2. The summed E-state index contributed by atoms with van der Waals surface area (Å²) in [7, 11) is 0. The van der Waals surface area contributed by atoms with Crippen LogP contribution < -0.4 is 9.80 Å². The van der Waals surface area contributed by atoms with Gasteiger partial charge in [0.15, 0.2) is 11.6 Å². The molecule has 0 bridgehead atoms. The highest BCUT2D eigenvalue weighted by Crippen LogP contribution is 2.53. The Hall–Kier alpha value is -8.86. The molecule has 0 saturated heterocycles. The number of hydrogen-bond acceptors (Lipinski definition) is 2. The highest BCUT2D eigenvalue weighted by Gasteiger charge is 2.31. The largest absolute Gasteiger partial charge is 0.307 e. The van der Waals surface area contributed by atoms with E-state index in [-0.39, 0.29) is 66.9 Å². The second kappa shape index (κ2) is 21.1. The Kier molecular flexibility index (Phi) is 11.2. The summed E-state index contributed by atoms with van der Waals surface area (Å²) in [6.45, 7) is 25.0. The van der Waals surface area contributed by atoms with Gasteiger partial charge in [0, 0.05) is 44.4 Å². The van der Waals surface area contributed by atoms with Gasteiger partial charge >= 0.3 is 0 Å². The lowest BCUT2D eigenvalue weighted by molar-refractivity contribution is 0.590. The van der Waals surface area contributed by atoms with Gasteiger partial charge in [0.1, 0.15) is 0 Å². The normalized spacial score (nSPS) is 14.1. The lowest BCUT2D eigenvalue weighted by Crippen LogP contribution is -2.15. The third kappa shape index (κ3) is 10.2. The molecule has 0 aliphatic rings. The number of nitrogens with zero attached hydrogens (tertiary/aromatic N) is 2. The van der Waals surface area contributed by atoms with E-state index < -0.39 is 72.1 Å². The van der Waals surface area contributed by atoms with Gasteiger partial charge in [-0.2, -0.15) is 0 Å². The summed E-state index contributed by atoms with van der Waals surface area (Å²) in [5.74, 6) is -1.42. The zero-order valence-electron chi connectivity index (χ0n) is 59.8. The predicted octanol–water partition coefficient (Wildman–Crippen LogP) is 23.7. The van der Waals surface area contributed by atoms with Crippen LogP contribution in [-0.2, 0) is 21.7 Å². The van der Waals surface area contributed by atoms with Crippen LogP contribution in [0, 0.1) is 11.6 Å². The van der Waals surface area contributed by atoms with Crippen molar-refractivity contribution in [3.8, 4) is 44.5 Å². The van der Waals surface area contributed by atoms with Crippen LogP contribution in [0.25, 0.3) is 76.8 Å². The van der Waals surface area contributed by atoms with Crippen LogP contribution in [0.15, 0.2) is 230 Å². The zero-order valence-corrected chi connectivity index (χ0v) is 49.8. The Morgan fingerprint density at radius 1 is 0.321 bits per heavy atom. The van der Waals surface area contributed by atoms with Crippen LogP contribution in [-0.4, -0.2) is 0 Å². The summed E-state index contributed by atoms with van der Waals surface area (Å²) in [5, 5.41) is 3.56. The molecule has 0 atom stereocenters. The van der Waals surface area contributed by atoms with Crippen LogP contribution in [0.4, 0.5) is 42.9 Å². The van der Waals surface area contributed by atoms with Gasteiger partial charge in [0.05, 0.1) is 36.5 Å². The van der Waals surface area contributed by atoms with E-state index in [2.05, 4.69) is 83.1 Å². The minimum Gasteiger partial charge on any atom is -0.307 e. The first kappa shape index (κ1) is 44.7. The van der Waals surface area contributed by atoms with Gasteiger partial charge in [-0.25, -0.2) is 8.78 Å². The first-order valence-corrected chi connectivity index (χ1v) is 28.7. The Morgan fingerprint density at radius 2 is 0.607 bits per heavy atom. The molecule has 84 heavy (non-hydrogen) atoms. The molecule has 0 aliphatic heterocycles. The first-order chi connectivity index (χ1) is 44.2. The van der Waals surface area contributed by atoms with Crippen molar-refractivity contribution in [3.05, 3.63) is 264 Å². The Labute approximate surface area is 510 Å². The van der Waals surface area contributed by atoms with E-state index >= 15 is 8.78 Å². The van der Waals surface area contributed by atoms with Crippen LogP contribution in [0.2, 0.25) is 0 Å². The molecule has 12 rings (SSSR count). The Balaban J connectivity index is 1.22. The minimum atomic E-state index is -0.711. The molecule has 4 heteroatoms. The second-order valence-corrected chi connectivity index (χ2v) is 26.2. The number of para-hydroxylation sites is 2. The maximum Gasteiger partial charge on any atom is 0.155 e. The molecule has 0 spiro atoms. The molecule has 0 aliphatic carbocycles. The van der Waals surface area contributed by atoms with E-state index in [0.717, 1.165) is 22.3 Å². The van der Waals surface area contributed by atoms with Crippen molar-refractivity contribution in [2.24, 2.45) is 0 Å². The van der Waals surface area contributed by atoms with E-state index in [4.69, 9.17) is 2.74 Å². The molecule has 0 aromatic heterocycles. The molecule has 0 heterocycles. The van der Waals surface area contributed by atoms with Crippen molar-refractivity contribution in [3.63, 3.8) is 0 Å². The molecule has 418 valence electrons. The van der Waals surface area contributed by atoms with E-state index in [9.17, 15) is 11.0 Å². The maximum atomic E-state index is 19.3. The average molecular weight is 1110 g/mol. The third-order valence-corrected chi connectivity index (χ3v) is 16.4. The molecule has 0 fully saturated rings. The maximum absolute atomic E-state index is 19.3. The summed E-state index contributed by atoms with van der Waals surface area (Å²) in [4.78, 5) is 2.95. The number of hydrogen-bond donors (Lipinski definition) is 0. The van der Waals surface area contributed by atoms with Crippen molar-refractivity contribution in [2.75, 3.05) is 9.80 Å². The fraction of sp³-hybridized carbons (Fsp3) is 0.200. The summed E-state index contributed by atoms with van der Waals surface area (Å²) in [6, 6.07) is 46.9. The highest BCUT2D eigenvalue weighted by molar-refractivity contribution is 6.28. The van der Waals surface area contributed by atoms with E-state index in [1.807, 2.05) is 146 Å². The van der Waals surface area contributed by atoms with Crippen LogP contribution in [0.1, 0.15) is 119 Å². The van der Waals surface area contributed by atoms with Gasteiger partial charge in [0.25, 0.3) is 0 Å². The molecule has 0 N–H and O–H groups in total. The second-order valence-electron chi connectivity index (χ2n) is 26.2. The Bertz CT molecular complexity index is 4690. The topological polar surface area (TPSA) is 6.48 Å². The van der Waals surface area contributed by atoms with Gasteiger partial charge in [0.2, 0.25) is 0 Å². The average Bonchev–Trinajstić information content (AvgIpc) is 0.712. The first-order valence-electron chi connectivity index (χ1n) is 33.7. The fourth-order valence-corrected chi connectivity index (χ4v) is 11.7. The molecule has 12 aromatic rings. The molecule has 0 saturated carbocycles. The van der Waals surface area contributed by atoms with Crippen molar-refractivity contribution < 1.29 is 22.5 Å². The SMILES string of the molecule is [2H]c1c([2H])c([2H])c(N(c2c(-c3cccc(C(C)(C)C)c3)ccc(-c3cccc(C(C)(C)C)c3)c2F)c2ccc3ccc4c(N(c5c([2H])c([2H])c([2H])c([2H])c5[2H])c5c(-c6cccc(C(C)(C)C)c6)ccc(-c6cccc(C(C)(C)C)c6)c5F)ccc5ccc2c3c54)c([2H])c1[2H]. The molecule has 0 radical (unpaired) electrons. The van der Waals surface area contributed by atoms with Gasteiger partial charge in [-0.15, -0.1) is 0 Å². The number of benzene rings is 12. The van der Waals surface area contributed by atoms with Crippen LogP contribution >= 0.6 is 0 Å². The molecular weight excluding hydrogens is 1030 g/mol. The molecule has 0 unspecified atom stereocenters. The number of anilines is 6. The zero-order chi connectivity index (χ0) is 67.7. The summed E-state index contributed by atoms with van der Waals surface area (Å²) in [6.07, 6.45) is 0. The number of halogens is 2. The molecule has 2 nitrogen and oxygen atoms in total. The van der Waals surface area contributed by atoms with Crippen LogP contribution in [0.3, 0.4) is 0 Å². The standard InChI is InChI=1S/C80H74F2N2/c1-77(2,3)57-27-19-23-53(47-57)63-41-43-65(55-25-21-29-59(49-55)79(7,8)9)75(73(63)81)83(61-31-15-13-16-32-61)69-45-37-51-36-40-68-70(46-38-52-35-39-67(69)71(51)72(52)68)84(62-33-17-14-18-34-62)76-66(56-26-22-30-60(50-56)80(10,11)12)44-42-64(74(76)82)54-24-20-28-58(48-54)78(4,5)6/h13-50H,1-12H3/i13D,14D,15D,16D,17D,18D,31D,32D,33D,34D. The number of rotatable bonds is 10. The van der Waals surface area contributed by atoms with Crippen LogP contribution in [0.5, 0.6) is 0 Å².